The summed E-state index contributed by atoms with van der Waals surface area (Å²) in [5, 5.41) is 3.12. The molecule has 0 spiro atoms. The SMILES string of the molecule is CNC(=O)c1ccc(-c2cc(Cl)ccc2N)cn1. The van der Waals surface area contributed by atoms with Crippen LogP contribution in [0.3, 0.4) is 0 Å². The second kappa shape index (κ2) is 5.06. The van der Waals surface area contributed by atoms with Crippen molar-refractivity contribution in [1.82, 2.24) is 10.3 Å². The molecule has 1 amide bonds. The lowest BCUT2D eigenvalue weighted by Crippen LogP contribution is -2.18. The highest BCUT2D eigenvalue weighted by atomic mass is 35.5. The van der Waals surface area contributed by atoms with Gasteiger partial charge in [0.05, 0.1) is 0 Å². The number of benzene rings is 1. The number of hydrogen-bond acceptors (Lipinski definition) is 3. The van der Waals surface area contributed by atoms with Gasteiger partial charge in [0, 0.05) is 35.1 Å². The Morgan fingerprint density at radius 3 is 2.72 bits per heavy atom. The molecule has 4 nitrogen and oxygen atoms in total. The van der Waals surface area contributed by atoms with E-state index in [1.807, 2.05) is 0 Å². The van der Waals surface area contributed by atoms with Crippen LogP contribution in [-0.2, 0) is 0 Å². The third-order valence-corrected chi connectivity index (χ3v) is 2.78. The number of carbonyl (C=O) groups excluding carboxylic acids is 1. The first-order valence-corrected chi connectivity index (χ1v) is 5.73. The molecular weight excluding hydrogens is 250 g/mol. The number of aromatic nitrogens is 1. The molecular formula is C13H12ClN3O. The standard InChI is InChI=1S/C13H12ClN3O/c1-16-13(18)12-5-2-8(7-17-12)10-6-9(14)3-4-11(10)15/h2-7H,15H2,1H3,(H,16,18). The molecule has 92 valence electrons. The number of nitrogens with zero attached hydrogens (tertiary/aromatic N) is 1. The van der Waals surface area contributed by atoms with Gasteiger partial charge in [-0.1, -0.05) is 17.7 Å². The first-order chi connectivity index (χ1) is 8.61. The summed E-state index contributed by atoms with van der Waals surface area (Å²) >= 11 is 5.93. The number of amides is 1. The van der Waals surface area contributed by atoms with E-state index >= 15 is 0 Å². The van der Waals surface area contributed by atoms with Crippen LogP contribution in [-0.4, -0.2) is 17.9 Å². The molecule has 0 saturated heterocycles. The normalized spacial score (nSPS) is 10.1. The maximum atomic E-state index is 11.4. The Bertz CT molecular complexity index is 581. The number of nitrogen functional groups attached to an aromatic ring is 1. The van der Waals surface area contributed by atoms with E-state index in [0.29, 0.717) is 16.4 Å². The summed E-state index contributed by atoms with van der Waals surface area (Å²) in [6.45, 7) is 0. The predicted molar refractivity (Wildman–Crippen MR) is 72.5 cm³/mol. The Morgan fingerprint density at radius 2 is 2.11 bits per heavy atom. The molecule has 0 aliphatic heterocycles. The number of halogens is 1. The third-order valence-electron chi connectivity index (χ3n) is 2.55. The summed E-state index contributed by atoms with van der Waals surface area (Å²) in [6.07, 6.45) is 1.60. The van der Waals surface area contributed by atoms with Gasteiger partial charge >= 0.3 is 0 Å². The van der Waals surface area contributed by atoms with Crippen LogP contribution in [0.25, 0.3) is 11.1 Å². The molecule has 2 rings (SSSR count). The van der Waals surface area contributed by atoms with Crippen LogP contribution in [0.15, 0.2) is 36.5 Å². The highest BCUT2D eigenvalue weighted by Crippen LogP contribution is 2.28. The van der Waals surface area contributed by atoms with Gasteiger partial charge in [-0.2, -0.15) is 0 Å². The first kappa shape index (κ1) is 12.4. The van der Waals surface area contributed by atoms with Crippen molar-refractivity contribution in [2.75, 3.05) is 12.8 Å². The molecule has 0 aliphatic carbocycles. The summed E-state index contributed by atoms with van der Waals surface area (Å²) in [5.41, 5.74) is 8.49. The molecule has 0 unspecified atom stereocenters. The van der Waals surface area contributed by atoms with E-state index in [1.54, 1.807) is 43.6 Å². The minimum absolute atomic E-state index is 0.222. The van der Waals surface area contributed by atoms with Crippen molar-refractivity contribution < 1.29 is 4.79 Å². The molecule has 2 aromatic rings. The van der Waals surface area contributed by atoms with Gasteiger partial charge in [-0.3, -0.25) is 9.78 Å². The fourth-order valence-corrected chi connectivity index (χ4v) is 1.77. The molecule has 0 fully saturated rings. The molecule has 18 heavy (non-hydrogen) atoms. The van der Waals surface area contributed by atoms with Crippen LogP contribution in [0.2, 0.25) is 5.02 Å². The number of nitrogens with two attached hydrogens (primary N) is 1. The van der Waals surface area contributed by atoms with Crippen molar-refractivity contribution in [2.45, 2.75) is 0 Å². The molecule has 5 heteroatoms. The molecule has 0 bridgehead atoms. The van der Waals surface area contributed by atoms with E-state index in [2.05, 4.69) is 10.3 Å². The third kappa shape index (κ3) is 2.43. The Labute approximate surface area is 110 Å². The van der Waals surface area contributed by atoms with E-state index < -0.39 is 0 Å². The second-order valence-electron chi connectivity index (χ2n) is 3.74. The van der Waals surface area contributed by atoms with Crippen LogP contribution in [0, 0.1) is 0 Å². The average Bonchev–Trinajstić information content (AvgIpc) is 2.41. The number of carbonyl (C=O) groups is 1. The van der Waals surface area contributed by atoms with Crippen LogP contribution >= 0.6 is 11.6 Å². The van der Waals surface area contributed by atoms with Gasteiger partial charge in [0.25, 0.3) is 5.91 Å². The lowest BCUT2D eigenvalue weighted by molar-refractivity contribution is 0.0958. The molecule has 1 aromatic heterocycles. The maximum absolute atomic E-state index is 11.4. The van der Waals surface area contributed by atoms with Crippen LogP contribution < -0.4 is 11.1 Å². The number of anilines is 1. The van der Waals surface area contributed by atoms with Gasteiger partial charge in [0.1, 0.15) is 5.69 Å². The topological polar surface area (TPSA) is 68.0 Å². The maximum Gasteiger partial charge on any atom is 0.269 e. The summed E-state index contributed by atoms with van der Waals surface area (Å²) < 4.78 is 0. The van der Waals surface area contributed by atoms with Gasteiger partial charge < -0.3 is 11.1 Å². The summed E-state index contributed by atoms with van der Waals surface area (Å²) in [7, 11) is 1.56. The minimum Gasteiger partial charge on any atom is -0.398 e. The first-order valence-electron chi connectivity index (χ1n) is 5.35. The van der Waals surface area contributed by atoms with E-state index in [-0.39, 0.29) is 5.91 Å². The van der Waals surface area contributed by atoms with Crippen molar-refractivity contribution in [3.63, 3.8) is 0 Å². The Balaban J connectivity index is 2.40. The molecule has 0 saturated carbocycles. The fourth-order valence-electron chi connectivity index (χ4n) is 1.59. The summed E-state index contributed by atoms with van der Waals surface area (Å²) in [5.74, 6) is -0.222. The number of hydrogen-bond donors (Lipinski definition) is 2. The average molecular weight is 262 g/mol. The van der Waals surface area contributed by atoms with E-state index in [0.717, 1.165) is 11.1 Å². The number of rotatable bonds is 2. The van der Waals surface area contributed by atoms with Crippen molar-refractivity contribution >= 4 is 23.2 Å². The Kier molecular flexibility index (Phi) is 3.48. The zero-order chi connectivity index (χ0) is 13.1. The largest absolute Gasteiger partial charge is 0.398 e. The molecule has 3 N–H and O–H groups in total. The van der Waals surface area contributed by atoms with E-state index in [4.69, 9.17) is 17.3 Å². The zero-order valence-electron chi connectivity index (χ0n) is 9.77. The fraction of sp³-hybridized carbons (Fsp3) is 0.0769. The van der Waals surface area contributed by atoms with Gasteiger partial charge in [-0.05, 0) is 24.3 Å². The van der Waals surface area contributed by atoms with Gasteiger partial charge in [-0.25, -0.2) is 0 Å². The summed E-state index contributed by atoms with van der Waals surface area (Å²) in [6, 6.07) is 8.68. The molecule has 0 aliphatic rings. The van der Waals surface area contributed by atoms with Crippen LogP contribution in [0.1, 0.15) is 10.5 Å². The minimum atomic E-state index is -0.222. The smallest absolute Gasteiger partial charge is 0.269 e. The quantitative estimate of drug-likeness (QED) is 0.816. The van der Waals surface area contributed by atoms with Gasteiger partial charge in [0.2, 0.25) is 0 Å². The molecule has 1 heterocycles. The summed E-state index contributed by atoms with van der Waals surface area (Å²) in [4.78, 5) is 15.4. The Morgan fingerprint density at radius 1 is 1.33 bits per heavy atom. The van der Waals surface area contributed by atoms with Crippen molar-refractivity contribution in [1.29, 1.82) is 0 Å². The predicted octanol–water partition coefficient (Wildman–Crippen LogP) is 2.34. The lowest BCUT2D eigenvalue weighted by atomic mass is 10.1. The molecule has 0 radical (unpaired) electrons. The van der Waals surface area contributed by atoms with Gasteiger partial charge in [-0.15, -0.1) is 0 Å². The lowest BCUT2D eigenvalue weighted by Gasteiger charge is -2.06. The second-order valence-corrected chi connectivity index (χ2v) is 4.18. The molecule has 0 atom stereocenters. The van der Waals surface area contributed by atoms with Gasteiger partial charge in [0.15, 0.2) is 0 Å². The van der Waals surface area contributed by atoms with E-state index in [9.17, 15) is 4.79 Å². The van der Waals surface area contributed by atoms with Crippen molar-refractivity contribution in [2.24, 2.45) is 0 Å². The molecule has 1 aromatic carbocycles. The van der Waals surface area contributed by atoms with Crippen molar-refractivity contribution in [3.8, 4) is 11.1 Å². The van der Waals surface area contributed by atoms with Crippen LogP contribution in [0.4, 0.5) is 5.69 Å². The zero-order valence-corrected chi connectivity index (χ0v) is 10.5. The van der Waals surface area contributed by atoms with Crippen LogP contribution in [0.5, 0.6) is 0 Å². The highest BCUT2D eigenvalue weighted by Gasteiger charge is 2.07. The van der Waals surface area contributed by atoms with E-state index in [1.165, 1.54) is 0 Å². The number of pyridine rings is 1. The monoisotopic (exact) mass is 261 g/mol. The highest BCUT2D eigenvalue weighted by molar-refractivity contribution is 6.31. The Hall–Kier alpha value is -2.07. The number of nitrogens with one attached hydrogen (secondary N) is 1. The van der Waals surface area contributed by atoms with Crippen molar-refractivity contribution in [3.05, 3.63) is 47.2 Å².